The molecule has 0 bridgehead atoms. The normalized spacial score (nSPS) is 54.7. The molecule has 77 heavy (non-hydrogen) atoms. The lowest BCUT2D eigenvalue weighted by Gasteiger charge is -2.70. The van der Waals surface area contributed by atoms with E-state index in [4.69, 9.17) is 37.9 Å². The molecule has 0 aromatic rings. The number of hydrogen-bond donors (Lipinski definition) is 15. The highest BCUT2D eigenvalue weighted by atomic mass is 16.8. The molecule has 4 saturated carbocycles. The number of aliphatic hydroxyl groups excluding tert-OH is 15. The second-order valence-corrected chi connectivity index (χ2v) is 25.8. The van der Waals surface area contributed by atoms with Gasteiger partial charge in [0.2, 0.25) is 0 Å². The molecular formula is C54H88O23. The fourth-order valence-corrected chi connectivity index (χ4v) is 16.0. The Labute approximate surface area is 448 Å². The summed E-state index contributed by atoms with van der Waals surface area (Å²) < 4.78 is 49.0. The van der Waals surface area contributed by atoms with E-state index < -0.39 is 182 Å². The third-order valence-electron chi connectivity index (χ3n) is 21.1. The predicted octanol–water partition coefficient (Wildman–Crippen LogP) is -2.67. The van der Waals surface area contributed by atoms with Crippen LogP contribution in [-0.2, 0) is 37.9 Å². The number of aliphatic hydroxyl groups is 15. The minimum atomic E-state index is -1.91. The fraction of sp³-hybridized carbons (Fsp3) is 0.926. The van der Waals surface area contributed by atoms with E-state index in [2.05, 4.69) is 46.8 Å². The van der Waals surface area contributed by atoms with Crippen LogP contribution in [0.5, 0.6) is 0 Å². The van der Waals surface area contributed by atoms with Crippen molar-refractivity contribution in [1.29, 1.82) is 0 Å². The summed E-state index contributed by atoms with van der Waals surface area (Å²) in [5.74, 6) is -0.384. The van der Waals surface area contributed by atoms with Gasteiger partial charge in [-0.1, -0.05) is 64.8 Å². The summed E-state index contributed by atoms with van der Waals surface area (Å²) >= 11 is 0. The van der Waals surface area contributed by atoms with Crippen molar-refractivity contribution < 1.29 is 114 Å². The smallest absolute Gasteiger partial charge is 0.187 e. The minimum absolute atomic E-state index is 0.0940. The van der Waals surface area contributed by atoms with Crippen LogP contribution in [-0.4, -0.2) is 245 Å². The lowest BCUT2D eigenvalue weighted by molar-refractivity contribution is -0.391. The molecule has 0 aromatic heterocycles. The summed E-state index contributed by atoms with van der Waals surface area (Å²) in [4.78, 5) is 0. The van der Waals surface area contributed by atoms with Crippen molar-refractivity contribution >= 4 is 0 Å². The third-order valence-corrected chi connectivity index (χ3v) is 21.1. The molecule has 8 fully saturated rings. The summed E-state index contributed by atoms with van der Waals surface area (Å²) in [5.41, 5.74) is -1.19. The highest BCUT2D eigenvalue weighted by Crippen LogP contribution is 2.75. The van der Waals surface area contributed by atoms with E-state index >= 15 is 0 Å². The molecule has 23 heteroatoms. The van der Waals surface area contributed by atoms with Gasteiger partial charge in [0.15, 0.2) is 25.2 Å². The van der Waals surface area contributed by atoms with Crippen LogP contribution in [0.25, 0.3) is 0 Å². The maximum atomic E-state index is 12.1. The summed E-state index contributed by atoms with van der Waals surface area (Å²) in [6.07, 6.45) is -24.8. The number of hydrogen-bond acceptors (Lipinski definition) is 23. The van der Waals surface area contributed by atoms with E-state index in [1.54, 1.807) is 0 Å². The van der Waals surface area contributed by atoms with E-state index in [9.17, 15) is 76.6 Å². The van der Waals surface area contributed by atoms with Crippen LogP contribution in [0.4, 0.5) is 0 Å². The topological polar surface area (TPSA) is 377 Å². The monoisotopic (exact) mass is 1100 g/mol. The van der Waals surface area contributed by atoms with Crippen molar-refractivity contribution in [1.82, 2.24) is 0 Å². The molecule has 9 rings (SSSR count). The van der Waals surface area contributed by atoms with Gasteiger partial charge in [0.25, 0.3) is 0 Å². The standard InChI is InChI=1S/C54H88O23/c1-23-33(60)37(64)40(67)45(70-23)77-44-39(66)35(62)27(19-56)73-48(44)76-43-36(63)28(20-57)72-47(42(43)69)74-31-11-12-50(4)29(51(31,5)21-58)10-13-52(6)30(50)9-8-24-25-16-49(2,3)14-15-54(25,22-59)32(17-53(24,52)7)75-46-41(68)38(65)34(61)26(18-55)71-46/h8-9,23,25-29,31-48,55-69H,10-22H2,1-7H3/t23-,25+,26-,27-,28-,29-,31+,32+,33+,34-,35-,36-,37+,38+,39+,40-,41-,42-,43+,44-,45+,46+,47+,48+,50+,51+,52-,53-,54-/m1/s1. The summed E-state index contributed by atoms with van der Waals surface area (Å²) in [7, 11) is 0. The Hall–Kier alpha value is -1.44. The molecule has 0 radical (unpaired) electrons. The Morgan fingerprint density at radius 3 is 1.64 bits per heavy atom. The molecule has 29 atom stereocenters. The largest absolute Gasteiger partial charge is 0.396 e. The summed E-state index contributed by atoms with van der Waals surface area (Å²) in [6.45, 7) is 11.7. The maximum absolute atomic E-state index is 12.1. The molecule has 0 unspecified atom stereocenters. The van der Waals surface area contributed by atoms with Gasteiger partial charge in [-0.2, -0.15) is 0 Å². The Morgan fingerprint density at radius 1 is 0.481 bits per heavy atom. The fourth-order valence-electron chi connectivity index (χ4n) is 16.0. The quantitative estimate of drug-likeness (QED) is 0.0836. The first-order valence-electron chi connectivity index (χ1n) is 27.7. The molecule has 23 nitrogen and oxygen atoms in total. The number of ether oxygens (including phenoxy) is 8. The summed E-state index contributed by atoms with van der Waals surface area (Å²) in [6, 6.07) is 0. The molecule has 4 saturated heterocycles. The molecule has 9 aliphatic rings. The predicted molar refractivity (Wildman–Crippen MR) is 264 cm³/mol. The zero-order valence-electron chi connectivity index (χ0n) is 45.2. The second-order valence-electron chi connectivity index (χ2n) is 25.8. The molecule has 5 aliphatic carbocycles. The average Bonchev–Trinajstić information content (AvgIpc) is 3.50. The van der Waals surface area contributed by atoms with Gasteiger partial charge in [0.05, 0.1) is 51.3 Å². The van der Waals surface area contributed by atoms with Gasteiger partial charge >= 0.3 is 0 Å². The molecule has 0 aromatic carbocycles. The second kappa shape index (κ2) is 22.0. The molecule has 4 heterocycles. The highest BCUT2D eigenvalue weighted by molar-refractivity contribution is 5.46. The number of fused-ring (bicyclic) bond motifs is 7. The Morgan fingerprint density at radius 2 is 1.03 bits per heavy atom. The number of rotatable bonds is 13. The SMILES string of the molecule is C[C@H]1O[C@@H](O[C@H]2[C@H](O[C@@H]3[C@@H](O)[C@H](O[C@H]4CC[C@]5(C)C6=CC=C7[C@@H]8CC(C)(C)CC[C@]8(CO)[C@@H](O[C@@H]8O[C@H](CO)[C@@H](O)[C@H](O)[C@H]8O)C[C@@]7(C)[C@]6(C)CC[C@H]5[C@]4(C)CO)O[C@H](CO)[C@H]3O)O[C@H](CO)[C@@H](O)[C@@H]2O)[C@H](O)[C@@H](O)[C@H]1O. The van der Waals surface area contributed by atoms with Crippen molar-refractivity contribution in [3.63, 3.8) is 0 Å². The first-order valence-corrected chi connectivity index (χ1v) is 27.7. The van der Waals surface area contributed by atoms with E-state index in [0.717, 1.165) is 12.8 Å². The van der Waals surface area contributed by atoms with Crippen molar-refractivity contribution in [2.24, 2.45) is 44.3 Å². The minimum Gasteiger partial charge on any atom is -0.396 e. The van der Waals surface area contributed by atoms with Crippen LogP contribution in [0.3, 0.4) is 0 Å². The molecule has 442 valence electrons. The van der Waals surface area contributed by atoms with Crippen LogP contribution in [0.1, 0.15) is 99.8 Å². The van der Waals surface area contributed by atoms with Gasteiger partial charge in [-0.3, -0.25) is 0 Å². The molecule has 0 amide bonds. The van der Waals surface area contributed by atoms with E-state index in [1.165, 1.54) is 18.1 Å². The lowest BCUT2D eigenvalue weighted by atomic mass is 9.35. The van der Waals surface area contributed by atoms with Gasteiger partial charge in [-0.05, 0) is 86.4 Å². The number of allylic oxidation sites excluding steroid dienone is 4. The van der Waals surface area contributed by atoms with Gasteiger partial charge in [0, 0.05) is 16.2 Å². The van der Waals surface area contributed by atoms with Crippen molar-refractivity contribution in [2.75, 3.05) is 33.0 Å². The van der Waals surface area contributed by atoms with Crippen molar-refractivity contribution in [3.8, 4) is 0 Å². The zero-order chi connectivity index (χ0) is 56.3. The van der Waals surface area contributed by atoms with Gasteiger partial charge < -0.3 is 114 Å². The van der Waals surface area contributed by atoms with Crippen molar-refractivity contribution in [2.45, 2.75) is 235 Å². The van der Waals surface area contributed by atoms with E-state index in [1.807, 2.05) is 6.92 Å². The van der Waals surface area contributed by atoms with Crippen LogP contribution >= 0.6 is 0 Å². The van der Waals surface area contributed by atoms with Crippen LogP contribution in [0.15, 0.2) is 23.3 Å². The zero-order valence-corrected chi connectivity index (χ0v) is 45.2. The highest BCUT2D eigenvalue weighted by Gasteiger charge is 2.70. The average molecular weight is 1110 g/mol. The van der Waals surface area contributed by atoms with Crippen LogP contribution < -0.4 is 0 Å². The summed E-state index contributed by atoms with van der Waals surface area (Å²) in [5, 5.41) is 164. The van der Waals surface area contributed by atoms with Crippen molar-refractivity contribution in [3.05, 3.63) is 23.3 Å². The first-order chi connectivity index (χ1) is 36.1. The molecule has 0 spiro atoms. The lowest BCUT2D eigenvalue weighted by Crippen LogP contribution is -2.68. The van der Waals surface area contributed by atoms with E-state index in [0.29, 0.717) is 38.5 Å². The molecule has 4 aliphatic heterocycles. The van der Waals surface area contributed by atoms with E-state index in [-0.39, 0.29) is 30.5 Å². The molecular weight excluding hydrogens is 1020 g/mol. The van der Waals surface area contributed by atoms with Gasteiger partial charge in [0.1, 0.15) is 91.6 Å². The Bertz CT molecular complexity index is 2130. The van der Waals surface area contributed by atoms with Gasteiger partial charge in [-0.15, -0.1) is 0 Å². The maximum Gasteiger partial charge on any atom is 0.187 e. The molecule has 15 N–H and O–H groups in total. The van der Waals surface area contributed by atoms with Crippen LogP contribution in [0, 0.1) is 44.3 Å². The Kier molecular flexibility index (Phi) is 17.2. The first kappa shape index (κ1) is 60.2. The van der Waals surface area contributed by atoms with Gasteiger partial charge in [-0.25, -0.2) is 0 Å². The third kappa shape index (κ3) is 9.66. The Balaban J connectivity index is 0.985. The van der Waals surface area contributed by atoms with Crippen LogP contribution in [0.2, 0.25) is 0 Å².